The quantitative estimate of drug-likeness (QED) is 0.405. The molecule has 0 saturated heterocycles. The van der Waals surface area contributed by atoms with Crippen LogP contribution in [-0.2, 0) is 13.1 Å². The minimum absolute atomic E-state index is 0.151. The summed E-state index contributed by atoms with van der Waals surface area (Å²) in [5.41, 5.74) is 5.56. The summed E-state index contributed by atoms with van der Waals surface area (Å²) in [6.07, 6.45) is 0. The Morgan fingerprint density at radius 2 is 1.57 bits per heavy atom. The third-order valence-corrected chi connectivity index (χ3v) is 4.68. The molecule has 5 heteroatoms. The zero-order valence-electron chi connectivity index (χ0n) is 12.2. The third kappa shape index (κ3) is 1.61. The van der Waals surface area contributed by atoms with Crippen LogP contribution in [0.25, 0.3) is 21.9 Å². The van der Waals surface area contributed by atoms with Crippen molar-refractivity contribution in [3.8, 4) is 0 Å². The van der Waals surface area contributed by atoms with Gasteiger partial charge in [-0.3, -0.25) is 10.1 Å². The Balaban J connectivity index is 1.66. The summed E-state index contributed by atoms with van der Waals surface area (Å²) >= 11 is 0. The molecule has 112 valence electrons. The molecule has 5 rings (SSSR count). The predicted molar refractivity (Wildman–Crippen MR) is 87.9 cm³/mol. The molecule has 0 atom stereocenters. The molecule has 0 saturated carbocycles. The molecular weight excluding hydrogens is 292 g/mol. The second kappa shape index (κ2) is 4.23. The molecule has 1 aliphatic rings. The van der Waals surface area contributed by atoms with Gasteiger partial charge in [0.25, 0.3) is 5.69 Å². The summed E-state index contributed by atoms with van der Waals surface area (Å²) in [5, 5.41) is 12.8. The topological polar surface area (TPSA) is 59.5 Å². The first-order chi connectivity index (χ1) is 11.2. The Labute approximate surface area is 131 Å². The molecule has 2 aromatic carbocycles. The third-order valence-electron chi connectivity index (χ3n) is 4.68. The molecule has 3 heterocycles. The molecule has 4 aromatic rings. The van der Waals surface area contributed by atoms with Gasteiger partial charge in [-0.1, -0.05) is 18.2 Å². The highest BCUT2D eigenvalue weighted by molar-refractivity contribution is 6.00. The SMILES string of the molecule is O=[N+]([O-])c1ccc(N2Cc3c(c4ccc3o4)C2)c2ccccc12. The normalized spacial score (nSPS) is 14.0. The molecule has 0 amide bonds. The maximum absolute atomic E-state index is 11.3. The minimum Gasteiger partial charge on any atom is -0.457 e. The summed E-state index contributed by atoms with van der Waals surface area (Å²) in [6, 6.07) is 15.0. The second-order valence-corrected chi connectivity index (χ2v) is 5.88. The van der Waals surface area contributed by atoms with Crippen LogP contribution in [0.4, 0.5) is 11.4 Å². The maximum atomic E-state index is 11.3. The van der Waals surface area contributed by atoms with Gasteiger partial charge in [0.2, 0.25) is 0 Å². The van der Waals surface area contributed by atoms with Crippen LogP contribution in [0.1, 0.15) is 11.1 Å². The van der Waals surface area contributed by atoms with Gasteiger partial charge in [-0.2, -0.15) is 0 Å². The van der Waals surface area contributed by atoms with Gasteiger partial charge in [0.1, 0.15) is 11.2 Å². The van der Waals surface area contributed by atoms with Gasteiger partial charge in [0, 0.05) is 41.4 Å². The van der Waals surface area contributed by atoms with Crippen LogP contribution < -0.4 is 4.90 Å². The minimum atomic E-state index is -0.321. The van der Waals surface area contributed by atoms with Gasteiger partial charge in [-0.15, -0.1) is 0 Å². The van der Waals surface area contributed by atoms with Crippen molar-refractivity contribution < 1.29 is 9.34 Å². The number of hydrogen-bond acceptors (Lipinski definition) is 4. The van der Waals surface area contributed by atoms with Gasteiger partial charge in [0.05, 0.1) is 10.3 Å². The predicted octanol–water partition coefficient (Wildman–Crippen LogP) is 4.45. The van der Waals surface area contributed by atoms with E-state index in [9.17, 15) is 10.1 Å². The van der Waals surface area contributed by atoms with E-state index >= 15 is 0 Å². The first kappa shape index (κ1) is 12.5. The maximum Gasteiger partial charge on any atom is 0.277 e. The van der Waals surface area contributed by atoms with Crippen LogP contribution in [0.5, 0.6) is 0 Å². The van der Waals surface area contributed by atoms with Crippen molar-refractivity contribution in [2.45, 2.75) is 13.1 Å². The molecule has 0 radical (unpaired) electrons. The number of nitrogens with zero attached hydrogens (tertiary/aromatic N) is 2. The number of nitro groups is 1. The molecule has 2 bridgehead atoms. The van der Waals surface area contributed by atoms with Crippen LogP contribution in [-0.4, -0.2) is 4.92 Å². The lowest BCUT2D eigenvalue weighted by Crippen LogP contribution is -2.15. The van der Waals surface area contributed by atoms with E-state index in [1.165, 1.54) is 11.1 Å². The van der Waals surface area contributed by atoms with E-state index < -0.39 is 0 Å². The first-order valence-corrected chi connectivity index (χ1v) is 7.46. The summed E-state index contributed by atoms with van der Waals surface area (Å²) in [6.45, 7) is 1.56. The zero-order chi connectivity index (χ0) is 15.6. The van der Waals surface area contributed by atoms with Crippen LogP contribution in [0.15, 0.2) is 52.9 Å². The van der Waals surface area contributed by atoms with E-state index in [0.717, 1.165) is 35.3 Å². The van der Waals surface area contributed by atoms with Crippen molar-refractivity contribution in [3.63, 3.8) is 0 Å². The average molecular weight is 304 g/mol. The Bertz CT molecular complexity index is 1030. The van der Waals surface area contributed by atoms with Crippen molar-refractivity contribution in [2.75, 3.05) is 4.90 Å². The number of hydrogen-bond donors (Lipinski definition) is 0. The Hall–Kier alpha value is -3.08. The lowest BCUT2D eigenvalue weighted by Gasteiger charge is -2.20. The molecule has 23 heavy (non-hydrogen) atoms. The van der Waals surface area contributed by atoms with E-state index in [1.807, 2.05) is 42.5 Å². The molecule has 0 N–H and O–H groups in total. The van der Waals surface area contributed by atoms with Crippen LogP contribution >= 0.6 is 0 Å². The second-order valence-electron chi connectivity index (χ2n) is 5.88. The number of fused-ring (bicyclic) bond motifs is 6. The fourth-order valence-electron chi connectivity index (χ4n) is 3.62. The van der Waals surface area contributed by atoms with E-state index in [2.05, 4.69) is 4.90 Å². The fourth-order valence-corrected chi connectivity index (χ4v) is 3.62. The smallest absolute Gasteiger partial charge is 0.277 e. The van der Waals surface area contributed by atoms with Gasteiger partial charge in [-0.25, -0.2) is 0 Å². The van der Waals surface area contributed by atoms with Crippen LogP contribution in [0, 0.1) is 10.1 Å². The Kier molecular flexibility index (Phi) is 2.29. The molecule has 0 aliphatic carbocycles. The van der Waals surface area contributed by atoms with Crippen molar-refractivity contribution >= 4 is 33.3 Å². The average Bonchev–Trinajstić information content (AvgIpc) is 3.26. The Morgan fingerprint density at radius 3 is 2.22 bits per heavy atom. The van der Waals surface area contributed by atoms with Gasteiger partial charge in [-0.05, 0) is 24.3 Å². The van der Waals surface area contributed by atoms with Crippen LogP contribution in [0.2, 0.25) is 0 Å². The van der Waals surface area contributed by atoms with Gasteiger partial charge < -0.3 is 9.32 Å². The largest absolute Gasteiger partial charge is 0.457 e. The lowest BCUT2D eigenvalue weighted by molar-refractivity contribution is -0.383. The van der Waals surface area contributed by atoms with Crippen molar-refractivity contribution in [2.24, 2.45) is 0 Å². The van der Waals surface area contributed by atoms with E-state index in [4.69, 9.17) is 4.42 Å². The zero-order valence-corrected chi connectivity index (χ0v) is 12.2. The van der Waals surface area contributed by atoms with Crippen LogP contribution in [0.3, 0.4) is 0 Å². The highest BCUT2D eigenvalue weighted by Gasteiger charge is 2.28. The lowest BCUT2D eigenvalue weighted by atomic mass is 10.1. The monoisotopic (exact) mass is 304 g/mol. The molecule has 2 aromatic heterocycles. The number of furan rings is 2. The highest BCUT2D eigenvalue weighted by atomic mass is 16.6. The number of benzene rings is 3. The van der Waals surface area contributed by atoms with Crippen molar-refractivity contribution in [3.05, 3.63) is 69.8 Å². The summed E-state index contributed by atoms with van der Waals surface area (Å²) in [5.74, 6) is 0. The first-order valence-electron chi connectivity index (χ1n) is 7.46. The Morgan fingerprint density at radius 1 is 0.913 bits per heavy atom. The fraction of sp³-hybridized carbons (Fsp3) is 0.111. The van der Waals surface area contributed by atoms with Crippen molar-refractivity contribution in [1.82, 2.24) is 0 Å². The molecule has 5 nitrogen and oxygen atoms in total. The standard InChI is InChI=1S/C18H12N2O3/c21-20(22)16-6-5-15(11-3-1-2-4-12(11)16)19-9-13-14(10-19)18-8-7-17(13)23-18/h1-8H,9-10H2. The van der Waals surface area contributed by atoms with Crippen molar-refractivity contribution in [1.29, 1.82) is 0 Å². The molecule has 0 fully saturated rings. The number of rotatable bonds is 2. The van der Waals surface area contributed by atoms with E-state index in [-0.39, 0.29) is 10.6 Å². The number of anilines is 1. The highest BCUT2D eigenvalue weighted by Crippen LogP contribution is 2.41. The van der Waals surface area contributed by atoms with Gasteiger partial charge in [0.15, 0.2) is 0 Å². The molecular formula is C18H12N2O3. The summed E-state index contributed by atoms with van der Waals surface area (Å²) < 4.78 is 5.69. The number of nitro benzene ring substituents is 1. The summed E-state index contributed by atoms with van der Waals surface area (Å²) in [7, 11) is 0. The molecule has 1 aliphatic heterocycles. The van der Waals surface area contributed by atoms with E-state index in [1.54, 1.807) is 6.07 Å². The molecule has 0 spiro atoms. The summed E-state index contributed by atoms with van der Waals surface area (Å²) in [4.78, 5) is 13.2. The number of non-ortho nitro benzene ring substituents is 1. The molecule has 0 unspecified atom stereocenters. The van der Waals surface area contributed by atoms with E-state index in [0.29, 0.717) is 5.39 Å². The van der Waals surface area contributed by atoms with Gasteiger partial charge >= 0.3 is 0 Å².